The molecule has 1 aromatic heterocycles. The van der Waals surface area contributed by atoms with Gasteiger partial charge in [0, 0.05) is 18.4 Å². The molecule has 5 nitrogen and oxygen atoms in total. The maximum atomic E-state index is 6.04. The SMILES string of the molecule is c1ccc2ncc(N=C3CC4(CN5CCC4CC5)ON3)cc2c1. The lowest BCUT2D eigenvalue weighted by Gasteiger charge is -2.49. The van der Waals surface area contributed by atoms with Gasteiger partial charge >= 0.3 is 0 Å². The Kier molecular flexibility index (Phi) is 2.93. The number of fused-ring (bicyclic) bond motifs is 3. The van der Waals surface area contributed by atoms with Crippen LogP contribution in [-0.4, -0.2) is 41.0 Å². The molecule has 0 aliphatic carbocycles. The van der Waals surface area contributed by atoms with Crippen molar-refractivity contribution in [2.45, 2.75) is 24.9 Å². The molecule has 2 bridgehead atoms. The highest BCUT2D eigenvalue weighted by Crippen LogP contribution is 2.42. The van der Waals surface area contributed by atoms with E-state index in [4.69, 9.17) is 9.83 Å². The zero-order chi connectivity index (χ0) is 15.3. The number of piperidine rings is 3. The van der Waals surface area contributed by atoms with E-state index in [1.165, 1.54) is 25.9 Å². The van der Waals surface area contributed by atoms with Crippen LogP contribution in [-0.2, 0) is 4.84 Å². The number of pyridine rings is 1. The topological polar surface area (TPSA) is 49.8 Å². The van der Waals surface area contributed by atoms with Crippen LogP contribution in [0.1, 0.15) is 19.3 Å². The van der Waals surface area contributed by atoms with E-state index < -0.39 is 0 Å². The molecule has 1 aromatic carbocycles. The maximum Gasteiger partial charge on any atom is 0.129 e. The summed E-state index contributed by atoms with van der Waals surface area (Å²) in [5.41, 5.74) is 4.91. The zero-order valence-electron chi connectivity index (χ0n) is 13.0. The second-order valence-corrected chi connectivity index (χ2v) is 6.94. The molecule has 6 rings (SSSR count). The second-order valence-electron chi connectivity index (χ2n) is 6.94. The van der Waals surface area contributed by atoms with Crippen LogP contribution in [0.15, 0.2) is 41.5 Å². The summed E-state index contributed by atoms with van der Waals surface area (Å²) < 4.78 is 0. The molecule has 2 aromatic rings. The number of benzene rings is 1. The normalized spacial score (nSPS) is 34.3. The van der Waals surface area contributed by atoms with Crippen molar-refractivity contribution in [3.8, 4) is 0 Å². The van der Waals surface area contributed by atoms with Crippen molar-refractivity contribution in [2.24, 2.45) is 10.9 Å². The molecule has 1 atom stereocenters. The molecule has 0 radical (unpaired) electrons. The number of hydrogen-bond acceptors (Lipinski definition) is 4. The van der Waals surface area contributed by atoms with Crippen LogP contribution in [0.5, 0.6) is 0 Å². The summed E-state index contributed by atoms with van der Waals surface area (Å²) in [6, 6.07) is 10.2. The summed E-state index contributed by atoms with van der Waals surface area (Å²) in [6.07, 6.45) is 5.19. The van der Waals surface area contributed by atoms with E-state index in [1.807, 2.05) is 24.4 Å². The van der Waals surface area contributed by atoms with Crippen LogP contribution < -0.4 is 5.48 Å². The lowest BCUT2D eigenvalue weighted by molar-refractivity contribution is -0.150. The van der Waals surface area contributed by atoms with Gasteiger partial charge in [0.2, 0.25) is 0 Å². The third-order valence-corrected chi connectivity index (χ3v) is 5.50. The van der Waals surface area contributed by atoms with Crippen molar-refractivity contribution in [1.29, 1.82) is 0 Å². The number of hydroxylamine groups is 1. The first-order valence-corrected chi connectivity index (χ1v) is 8.40. The molecule has 0 saturated carbocycles. The summed E-state index contributed by atoms with van der Waals surface area (Å²) in [7, 11) is 0. The fourth-order valence-electron chi connectivity index (χ4n) is 4.30. The van der Waals surface area contributed by atoms with E-state index in [1.54, 1.807) is 0 Å². The monoisotopic (exact) mass is 308 g/mol. The summed E-state index contributed by atoms with van der Waals surface area (Å²) >= 11 is 0. The first-order chi connectivity index (χ1) is 11.3. The van der Waals surface area contributed by atoms with E-state index in [9.17, 15) is 0 Å². The standard InChI is InChI=1S/C18H20N4O/c1-2-4-16-13(3-1)9-15(11-19-16)20-17-10-18(23-21-17)12-22-7-5-14(18)6-8-22/h1-4,9,11,14H,5-8,10,12H2,(H,20,21). The first kappa shape index (κ1) is 13.5. The molecule has 4 aliphatic rings. The van der Waals surface area contributed by atoms with Crippen LogP contribution in [0, 0.1) is 5.92 Å². The molecule has 4 fully saturated rings. The van der Waals surface area contributed by atoms with Crippen molar-refractivity contribution in [3.05, 3.63) is 36.5 Å². The van der Waals surface area contributed by atoms with Crippen LogP contribution >= 0.6 is 0 Å². The summed E-state index contributed by atoms with van der Waals surface area (Å²) in [5, 5.41) is 1.12. The fraction of sp³-hybridized carbons (Fsp3) is 0.444. The smallest absolute Gasteiger partial charge is 0.129 e. The molecule has 0 amide bonds. The molecule has 118 valence electrons. The molecule has 5 heterocycles. The quantitative estimate of drug-likeness (QED) is 0.880. The predicted octanol–water partition coefficient (Wildman–Crippen LogP) is 2.65. The minimum absolute atomic E-state index is 0.0698. The number of hydrogen-bond donors (Lipinski definition) is 1. The number of rotatable bonds is 1. The lowest BCUT2D eigenvalue weighted by Crippen LogP contribution is -2.59. The van der Waals surface area contributed by atoms with Gasteiger partial charge in [-0.25, -0.2) is 4.99 Å². The Labute approximate surface area is 135 Å². The molecule has 4 aliphatic heterocycles. The first-order valence-electron chi connectivity index (χ1n) is 8.40. The Hall–Kier alpha value is -1.98. The van der Waals surface area contributed by atoms with E-state index in [-0.39, 0.29) is 5.60 Å². The van der Waals surface area contributed by atoms with Gasteiger partial charge in [0.15, 0.2) is 0 Å². The highest BCUT2D eigenvalue weighted by molar-refractivity contribution is 5.88. The van der Waals surface area contributed by atoms with Crippen molar-refractivity contribution in [2.75, 3.05) is 19.6 Å². The van der Waals surface area contributed by atoms with E-state index in [2.05, 4.69) is 27.5 Å². The van der Waals surface area contributed by atoms with E-state index >= 15 is 0 Å². The Morgan fingerprint density at radius 1 is 1.26 bits per heavy atom. The van der Waals surface area contributed by atoms with Crippen LogP contribution in [0.2, 0.25) is 0 Å². The predicted molar refractivity (Wildman–Crippen MR) is 89.6 cm³/mol. The largest absolute Gasteiger partial charge is 0.300 e. The van der Waals surface area contributed by atoms with E-state index in [0.29, 0.717) is 5.92 Å². The number of nitrogens with one attached hydrogen (secondary N) is 1. The minimum atomic E-state index is -0.0698. The number of aromatic nitrogens is 1. The highest BCUT2D eigenvalue weighted by atomic mass is 16.7. The molecular weight excluding hydrogens is 288 g/mol. The van der Waals surface area contributed by atoms with Gasteiger partial charge in [0.1, 0.15) is 11.4 Å². The van der Waals surface area contributed by atoms with Gasteiger partial charge in [-0.3, -0.25) is 15.3 Å². The molecule has 1 N–H and O–H groups in total. The Morgan fingerprint density at radius 2 is 2.13 bits per heavy atom. The molecular formula is C18H20N4O. The third-order valence-electron chi connectivity index (χ3n) is 5.50. The van der Waals surface area contributed by atoms with Crippen molar-refractivity contribution in [3.63, 3.8) is 0 Å². The lowest BCUT2D eigenvalue weighted by atomic mass is 9.74. The molecule has 5 heteroatoms. The van der Waals surface area contributed by atoms with Gasteiger partial charge in [-0.05, 0) is 44.0 Å². The van der Waals surface area contributed by atoms with Crippen LogP contribution in [0.25, 0.3) is 10.9 Å². The average Bonchev–Trinajstić information content (AvgIpc) is 2.98. The summed E-state index contributed by atoms with van der Waals surface area (Å²) in [4.78, 5) is 17.8. The van der Waals surface area contributed by atoms with Gasteiger partial charge in [0.25, 0.3) is 0 Å². The van der Waals surface area contributed by atoms with Gasteiger partial charge in [-0.2, -0.15) is 0 Å². The van der Waals surface area contributed by atoms with Crippen molar-refractivity contribution >= 4 is 22.4 Å². The second kappa shape index (κ2) is 5.01. The van der Waals surface area contributed by atoms with Gasteiger partial charge in [-0.1, -0.05) is 18.2 Å². The Bertz CT molecular complexity index is 781. The van der Waals surface area contributed by atoms with Crippen molar-refractivity contribution in [1.82, 2.24) is 15.4 Å². The molecule has 1 spiro atoms. The zero-order valence-corrected chi connectivity index (χ0v) is 13.0. The molecule has 23 heavy (non-hydrogen) atoms. The average molecular weight is 308 g/mol. The van der Waals surface area contributed by atoms with Gasteiger partial charge in [0.05, 0.1) is 17.4 Å². The fourth-order valence-corrected chi connectivity index (χ4v) is 4.30. The van der Waals surface area contributed by atoms with Crippen LogP contribution in [0.4, 0.5) is 5.69 Å². The molecule has 1 unspecified atom stereocenters. The Morgan fingerprint density at radius 3 is 2.96 bits per heavy atom. The van der Waals surface area contributed by atoms with Gasteiger partial charge < -0.3 is 4.90 Å². The van der Waals surface area contributed by atoms with Crippen LogP contribution in [0.3, 0.4) is 0 Å². The molecule has 4 saturated heterocycles. The van der Waals surface area contributed by atoms with E-state index in [0.717, 1.165) is 35.4 Å². The third kappa shape index (κ3) is 2.23. The number of amidine groups is 1. The van der Waals surface area contributed by atoms with Gasteiger partial charge in [-0.15, -0.1) is 0 Å². The Balaban J connectivity index is 1.42. The number of aliphatic imine (C=N–C) groups is 1. The minimum Gasteiger partial charge on any atom is -0.300 e. The number of para-hydroxylation sites is 1. The summed E-state index contributed by atoms with van der Waals surface area (Å²) in [6.45, 7) is 3.47. The maximum absolute atomic E-state index is 6.04. The highest BCUT2D eigenvalue weighted by Gasteiger charge is 2.52. The number of nitrogens with zero attached hydrogens (tertiary/aromatic N) is 3. The summed E-state index contributed by atoms with van der Waals surface area (Å²) in [5.74, 6) is 1.58. The van der Waals surface area contributed by atoms with Crippen molar-refractivity contribution < 1.29 is 4.84 Å².